The number of nitrogens with one attached hydrogen (secondary N) is 1. The van der Waals surface area contributed by atoms with E-state index in [1.807, 2.05) is 19.1 Å². The second kappa shape index (κ2) is 6.27. The van der Waals surface area contributed by atoms with Gasteiger partial charge in [0.1, 0.15) is 11.6 Å². The highest BCUT2D eigenvalue weighted by Gasteiger charge is 2.24. The summed E-state index contributed by atoms with van der Waals surface area (Å²) in [6, 6.07) is 7.15. The Hall–Kier alpha value is -3.00. The number of morpholine rings is 1. The summed E-state index contributed by atoms with van der Waals surface area (Å²) >= 11 is 0. The molecule has 1 aliphatic heterocycles. The first-order chi connectivity index (χ1) is 13.5. The topological polar surface area (TPSA) is 71.3 Å². The number of aromatic nitrogens is 5. The molecule has 0 radical (unpaired) electrons. The Labute approximate surface area is 161 Å². The Bertz CT molecular complexity index is 1170. The van der Waals surface area contributed by atoms with E-state index in [0.29, 0.717) is 22.4 Å². The van der Waals surface area contributed by atoms with Crippen molar-refractivity contribution in [1.29, 1.82) is 0 Å². The normalized spacial score (nSPS) is 20.4. The van der Waals surface area contributed by atoms with Crippen molar-refractivity contribution in [3.05, 3.63) is 42.0 Å². The average Bonchev–Trinajstić information content (AvgIpc) is 3.23. The van der Waals surface area contributed by atoms with Gasteiger partial charge in [-0.2, -0.15) is 5.10 Å². The maximum absolute atomic E-state index is 14.8. The summed E-state index contributed by atoms with van der Waals surface area (Å²) in [4.78, 5) is 6.61. The van der Waals surface area contributed by atoms with E-state index in [1.165, 1.54) is 6.07 Å². The van der Waals surface area contributed by atoms with Crippen LogP contribution < -0.4 is 4.90 Å². The lowest BCUT2D eigenvalue weighted by Gasteiger charge is -2.35. The van der Waals surface area contributed by atoms with Crippen LogP contribution in [0.15, 0.2) is 30.5 Å². The fraction of sp³-hybridized carbons (Fsp3) is 0.350. The van der Waals surface area contributed by atoms with Crippen LogP contribution in [-0.4, -0.2) is 50.1 Å². The third-order valence-electron chi connectivity index (χ3n) is 5.21. The minimum atomic E-state index is -0.334. The van der Waals surface area contributed by atoms with E-state index < -0.39 is 0 Å². The van der Waals surface area contributed by atoms with E-state index >= 15 is 0 Å². The number of fused-ring (bicyclic) bond motifs is 2. The molecule has 1 fully saturated rings. The van der Waals surface area contributed by atoms with Gasteiger partial charge in [-0.05, 0) is 39.0 Å². The van der Waals surface area contributed by atoms with Crippen LogP contribution in [0.25, 0.3) is 27.8 Å². The predicted octanol–water partition coefficient (Wildman–Crippen LogP) is 3.33. The molecule has 1 aliphatic rings. The molecule has 0 aliphatic carbocycles. The van der Waals surface area contributed by atoms with Gasteiger partial charge in [-0.25, -0.2) is 13.9 Å². The van der Waals surface area contributed by atoms with Gasteiger partial charge in [-0.15, -0.1) is 5.10 Å². The largest absolute Gasteiger partial charge is 0.372 e. The van der Waals surface area contributed by atoms with Crippen LogP contribution in [0.1, 0.15) is 19.5 Å². The van der Waals surface area contributed by atoms with Crippen molar-refractivity contribution in [3.8, 4) is 11.3 Å². The number of aryl methyl sites for hydroxylation is 1. The van der Waals surface area contributed by atoms with Crippen LogP contribution in [-0.2, 0) is 4.74 Å². The van der Waals surface area contributed by atoms with Crippen molar-refractivity contribution >= 4 is 22.4 Å². The number of nitrogens with zero attached hydrogens (tertiary/aromatic N) is 5. The molecule has 0 spiro atoms. The molecule has 0 amide bonds. The van der Waals surface area contributed by atoms with Crippen LogP contribution in [0, 0.1) is 12.7 Å². The van der Waals surface area contributed by atoms with Gasteiger partial charge >= 0.3 is 0 Å². The number of hydrogen-bond donors (Lipinski definition) is 1. The van der Waals surface area contributed by atoms with Crippen molar-refractivity contribution in [1.82, 2.24) is 24.8 Å². The third-order valence-corrected chi connectivity index (χ3v) is 5.21. The highest BCUT2D eigenvalue weighted by atomic mass is 19.1. The SMILES string of the molecule is Cc1n[nH]c2cc(F)c(-c3cnc4ccc(N5C[C@@H](C)O[C@@H](C)C5)nn34)cc12. The van der Waals surface area contributed by atoms with E-state index in [-0.39, 0.29) is 18.0 Å². The van der Waals surface area contributed by atoms with E-state index in [1.54, 1.807) is 16.8 Å². The van der Waals surface area contributed by atoms with Crippen molar-refractivity contribution in [3.63, 3.8) is 0 Å². The van der Waals surface area contributed by atoms with Gasteiger partial charge in [-0.1, -0.05) is 0 Å². The maximum Gasteiger partial charge on any atom is 0.154 e. The van der Waals surface area contributed by atoms with Crippen molar-refractivity contribution in [2.45, 2.75) is 33.0 Å². The highest BCUT2D eigenvalue weighted by molar-refractivity contribution is 5.86. The van der Waals surface area contributed by atoms with Gasteiger partial charge in [0.2, 0.25) is 0 Å². The summed E-state index contributed by atoms with van der Waals surface area (Å²) in [7, 11) is 0. The van der Waals surface area contributed by atoms with Gasteiger partial charge in [-0.3, -0.25) is 5.10 Å². The van der Waals surface area contributed by atoms with Gasteiger partial charge < -0.3 is 9.64 Å². The summed E-state index contributed by atoms with van der Waals surface area (Å²) in [5.74, 6) is 0.494. The summed E-state index contributed by atoms with van der Waals surface area (Å²) in [6.07, 6.45) is 1.93. The molecular weight excluding hydrogens is 359 g/mol. The monoisotopic (exact) mass is 380 g/mol. The lowest BCUT2D eigenvalue weighted by molar-refractivity contribution is -0.00551. The zero-order valence-corrected chi connectivity index (χ0v) is 16.0. The average molecular weight is 380 g/mol. The van der Waals surface area contributed by atoms with Crippen LogP contribution in [0.4, 0.5) is 10.2 Å². The second-order valence-electron chi connectivity index (χ2n) is 7.45. The Morgan fingerprint density at radius 1 is 1.18 bits per heavy atom. The van der Waals surface area contributed by atoms with Crippen molar-refractivity contribution in [2.75, 3.05) is 18.0 Å². The quantitative estimate of drug-likeness (QED) is 0.578. The molecule has 4 aromatic rings. The maximum atomic E-state index is 14.8. The minimum Gasteiger partial charge on any atom is -0.372 e. The number of rotatable bonds is 2. The zero-order valence-electron chi connectivity index (χ0n) is 16.0. The highest BCUT2D eigenvalue weighted by Crippen LogP contribution is 2.29. The minimum absolute atomic E-state index is 0.132. The Morgan fingerprint density at radius 3 is 2.75 bits per heavy atom. The molecule has 5 rings (SSSR count). The molecule has 1 saturated heterocycles. The van der Waals surface area contributed by atoms with Crippen LogP contribution in [0.2, 0.25) is 0 Å². The summed E-state index contributed by atoms with van der Waals surface area (Å²) in [5, 5.41) is 12.7. The number of halogens is 1. The third kappa shape index (κ3) is 2.72. The Kier molecular flexibility index (Phi) is 3.83. The second-order valence-corrected chi connectivity index (χ2v) is 7.45. The predicted molar refractivity (Wildman–Crippen MR) is 105 cm³/mol. The number of anilines is 1. The molecule has 2 atom stereocenters. The first-order valence-electron chi connectivity index (χ1n) is 9.39. The van der Waals surface area contributed by atoms with Gasteiger partial charge in [0, 0.05) is 30.1 Å². The van der Waals surface area contributed by atoms with E-state index in [2.05, 4.69) is 33.9 Å². The Morgan fingerprint density at radius 2 is 1.96 bits per heavy atom. The number of ether oxygens (including phenoxy) is 1. The fourth-order valence-electron chi connectivity index (χ4n) is 3.95. The number of H-pyrrole nitrogens is 1. The summed E-state index contributed by atoms with van der Waals surface area (Å²) in [5.41, 5.74) is 3.26. The Balaban J connectivity index is 1.63. The van der Waals surface area contributed by atoms with Crippen LogP contribution >= 0.6 is 0 Å². The van der Waals surface area contributed by atoms with Gasteiger partial charge in [0.15, 0.2) is 5.65 Å². The van der Waals surface area contributed by atoms with E-state index in [4.69, 9.17) is 9.84 Å². The molecule has 0 bridgehead atoms. The molecule has 1 N–H and O–H groups in total. The molecule has 28 heavy (non-hydrogen) atoms. The summed E-state index contributed by atoms with van der Waals surface area (Å²) in [6.45, 7) is 7.54. The number of imidazole rings is 1. The molecule has 0 unspecified atom stereocenters. The lowest BCUT2D eigenvalue weighted by Crippen LogP contribution is -2.46. The van der Waals surface area contributed by atoms with Crippen LogP contribution in [0.3, 0.4) is 0 Å². The lowest BCUT2D eigenvalue weighted by atomic mass is 10.1. The van der Waals surface area contributed by atoms with Crippen molar-refractivity contribution in [2.24, 2.45) is 0 Å². The molecule has 8 heteroatoms. The van der Waals surface area contributed by atoms with Gasteiger partial charge in [0.05, 0.1) is 35.3 Å². The number of hydrogen-bond acceptors (Lipinski definition) is 5. The fourth-order valence-corrected chi connectivity index (χ4v) is 3.95. The molecular formula is C20H21FN6O. The zero-order chi connectivity index (χ0) is 19.4. The molecule has 0 saturated carbocycles. The van der Waals surface area contributed by atoms with Crippen molar-refractivity contribution < 1.29 is 9.13 Å². The van der Waals surface area contributed by atoms with Gasteiger partial charge in [0.25, 0.3) is 0 Å². The number of benzene rings is 1. The first-order valence-corrected chi connectivity index (χ1v) is 9.39. The molecule has 144 valence electrons. The molecule has 3 aromatic heterocycles. The van der Waals surface area contributed by atoms with Crippen LogP contribution in [0.5, 0.6) is 0 Å². The molecule has 4 heterocycles. The summed E-state index contributed by atoms with van der Waals surface area (Å²) < 4.78 is 22.4. The number of aromatic amines is 1. The smallest absolute Gasteiger partial charge is 0.154 e. The molecule has 1 aromatic carbocycles. The standard InChI is InChI=1S/C20H21FN6O/c1-11-9-26(10-12(2)28-11)20-5-4-19-22-8-18(27(19)25-20)15-6-14-13(3)23-24-17(14)7-16(15)21/h4-8,11-12H,9-10H2,1-3H3,(H,23,24)/t11-,12+. The first kappa shape index (κ1) is 17.1. The molecule has 7 nitrogen and oxygen atoms in total. The van der Waals surface area contributed by atoms with E-state index in [9.17, 15) is 4.39 Å². The van der Waals surface area contributed by atoms with E-state index in [0.717, 1.165) is 30.0 Å².